The second-order valence-corrected chi connectivity index (χ2v) is 5.41. The second-order valence-electron chi connectivity index (χ2n) is 5.41. The fourth-order valence-electron chi connectivity index (χ4n) is 2.48. The van der Waals surface area contributed by atoms with E-state index in [1.54, 1.807) is 21.0 Å². The van der Waals surface area contributed by atoms with Crippen LogP contribution in [-0.4, -0.2) is 35.9 Å². The van der Waals surface area contributed by atoms with E-state index in [1.165, 1.54) is 10.5 Å². The van der Waals surface area contributed by atoms with Gasteiger partial charge in [-0.15, -0.1) is 0 Å². The standard InChI is InChI=1S/C15H20N4O/c1-10(15(20)19(2)3)17-14-12(9-16)8-11-6-4-5-7-13(11)18-14/h8,10H,4-7H2,1-3H3,(H,17,18). The molecule has 1 N–H and O–H groups in total. The summed E-state index contributed by atoms with van der Waals surface area (Å²) in [4.78, 5) is 18.0. The quantitative estimate of drug-likeness (QED) is 0.909. The highest BCUT2D eigenvalue weighted by Crippen LogP contribution is 2.24. The van der Waals surface area contributed by atoms with Gasteiger partial charge in [-0.25, -0.2) is 4.98 Å². The molecule has 0 saturated heterocycles. The normalized spacial score (nSPS) is 14.9. The minimum Gasteiger partial charge on any atom is -0.358 e. The number of pyridine rings is 1. The van der Waals surface area contributed by atoms with Gasteiger partial charge < -0.3 is 10.2 Å². The number of rotatable bonds is 3. The molecule has 0 bridgehead atoms. The summed E-state index contributed by atoms with van der Waals surface area (Å²) in [5.41, 5.74) is 2.75. The average molecular weight is 272 g/mol. The van der Waals surface area contributed by atoms with Crippen LogP contribution < -0.4 is 5.32 Å². The topological polar surface area (TPSA) is 69.0 Å². The number of carbonyl (C=O) groups excluding carboxylic acids is 1. The summed E-state index contributed by atoms with van der Waals surface area (Å²) in [6.07, 6.45) is 4.23. The van der Waals surface area contributed by atoms with Gasteiger partial charge >= 0.3 is 0 Å². The summed E-state index contributed by atoms with van der Waals surface area (Å²) in [6, 6.07) is 3.69. The Labute approximate surface area is 119 Å². The number of aromatic nitrogens is 1. The minimum absolute atomic E-state index is 0.0339. The molecule has 0 aromatic carbocycles. The molecule has 5 heteroatoms. The van der Waals surface area contributed by atoms with Crippen molar-refractivity contribution < 1.29 is 4.79 Å². The van der Waals surface area contributed by atoms with Crippen molar-refractivity contribution in [2.24, 2.45) is 0 Å². The van der Waals surface area contributed by atoms with Crippen LogP contribution in [0.4, 0.5) is 5.82 Å². The van der Waals surface area contributed by atoms with Crippen molar-refractivity contribution in [1.82, 2.24) is 9.88 Å². The molecule has 1 aromatic rings. The van der Waals surface area contributed by atoms with Gasteiger partial charge in [0.05, 0.1) is 5.56 Å². The third-order valence-electron chi connectivity index (χ3n) is 3.59. The Hall–Kier alpha value is -2.09. The molecule has 1 atom stereocenters. The van der Waals surface area contributed by atoms with E-state index >= 15 is 0 Å². The molecule has 1 amide bonds. The van der Waals surface area contributed by atoms with Gasteiger partial charge in [-0.2, -0.15) is 5.26 Å². The highest BCUT2D eigenvalue weighted by atomic mass is 16.2. The Bertz CT molecular complexity index is 560. The molecule has 20 heavy (non-hydrogen) atoms. The van der Waals surface area contributed by atoms with Crippen LogP contribution >= 0.6 is 0 Å². The van der Waals surface area contributed by atoms with E-state index in [1.807, 2.05) is 6.07 Å². The smallest absolute Gasteiger partial charge is 0.244 e. The van der Waals surface area contributed by atoms with Crippen LogP contribution in [0.25, 0.3) is 0 Å². The first-order valence-corrected chi connectivity index (χ1v) is 6.93. The molecule has 0 radical (unpaired) electrons. The monoisotopic (exact) mass is 272 g/mol. The number of nitrogens with zero attached hydrogens (tertiary/aromatic N) is 3. The Morgan fingerprint density at radius 3 is 2.80 bits per heavy atom. The zero-order valence-electron chi connectivity index (χ0n) is 12.2. The number of anilines is 1. The highest BCUT2D eigenvalue weighted by Gasteiger charge is 2.19. The zero-order valence-corrected chi connectivity index (χ0v) is 12.2. The Morgan fingerprint density at radius 1 is 1.45 bits per heavy atom. The molecule has 2 rings (SSSR count). The third-order valence-corrected chi connectivity index (χ3v) is 3.59. The lowest BCUT2D eigenvalue weighted by molar-refractivity contribution is -0.129. The minimum atomic E-state index is -0.397. The lowest BCUT2D eigenvalue weighted by Gasteiger charge is -2.21. The average Bonchev–Trinajstić information content (AvgIpc) is 2.45. The predicted molar refractivity (Wildman–Crippen MR) is 77.4 cm³/mol. The van der Waals surface area contributed by atoms with E-state index in [4.69, 9.17) is 0 Å². The van der Waals surface area contributed by atoms with Crippen LogP contribution in [0.15, 0.2) is 6.07 Å². The van der Waals surface area contributed by atoms with Crippen molar-refractivity contribution >= 4 is 11.7 Å². The van der Waals surface area contributed by atoms with Gasteiger partial charge in [0.1, 0.15) is 17.9 Å². The first-order valence-electron chi connectivity index (χ1n) is 6.93. The number of fused-ring (bicyclic) bond motifs is 1. The summed E-state index contributed by atoms with van der Waals surface area (Å²) in [5, 5.41) is 12.3. The van der Waals surface area contributed by atoms with E-state index < -0.39 is 6.04 Å². The molecule has 0 aliphatic heterocycles. The first-order chi connectivity index (χ1) is 9.52. The molecule has 1 aliphatic rings. The summed E-state index contributed by atoms with van der Waals surface area (Å²) in [7, 11) is 3.43. The molecule has 1 aromatic heterocycles. The first kappa shape index (κ1) is 14.3. The third kappa shape index (κ3) is 2.90. The molecule has 5 nitrogen and oxygen atoms in total. The maximum atomic E-state index is 11.9. The van der Waals surface area contributed by atoms with Crippen molar-refractivity contribution in [3.05, 3.63) is 22.9 Å². The number of nitrogens with one attached hydrogen (secondary N) is 1. The lowest BCUT2D eigenvalue weighted by atomic mass is 9.95. The van der Waals surface area contributed by atoms with Crippen molar-refractivity contribution in [2.75, 3.05) is 19.4 Å². The highest BCUT2D eigenvalue weighted by molar-refractivity contribution is 5.84. The number of hydrogen-bond donors (Lipinski definition) is 1. The van der Waals surface area contributed by atoms with Crippen LogP contribution in [-0.2, 0) is 17.6 Å². The van der Waals surface area contributed by atoms with Gasteiger partial charge in [0, 0.05) is 19.8 Å². The maximum absolute atomic E-state index is 11.9. The fraction of sp³-hybridized carbons (Fsp3) is 0.533. The Balaban J connectivity index is 2.27. The van der Waals surface area contributed by atoms with E-state index in [9.17, 15) is 10.1 Å². The largest absolute Gasteiger partial charge is 0.358 e. The van der Waals surface area contributed by atoms with Crippen LogP contribution in [0, 0.1) is 11.3 Å². The van der Waals surface area contributed by atoms with E-state index in [0.717, 1.165) is 31.4 Å². The lowest BCUT2D eigenvalue weighted by Crippen LogP contribution is -2.37. The molecule has 1 unspecified atom stereocenters. The van der Waals surface area contributed by atoms with Crippen molar-refractivity contribution in [2.45, 2.75) is 38.6 Å². The summed E-state index contributed by atoms with van der Waals surface area (Å²) >= 11 is 0. The van der Waals surface area contributed by atoms with Gasteiger partial charge in [-0.05, 0) is 44.2 Å². The van der Waals surface area contributed by atoms with E-state index in [0.29, 0.717) is 11.4 Å². The summed E-state index contributed by atoms with van der Waals surface area (Å²) in [6.45, 7) is 1.78. The molecule has 0 fully saturated rings. The van der Waals surface area contributed by atoms with E-state index in [2.05, 4.69) is 16.4 Å². The van der Waals surface area contributed by atoms with Crippen LogP contribution in [0.5, 0.6) is 0 Å². The number of nitriles is 1. The molecule has 0 spiro atoms. The Kier molecular flexibility index (Phi) is 4.23. The van der Waals surface area contributed by atoms with Gasteiger partial charge in [0.2, 0.25) is 5.91 Å². The van der Waals surface area contributed by atoms with Gasteiger partial charge in [0.25, 0.3) is 0 Å². The van der Waals surface area contributed by atoms with Crippen molar-refractivity contribution in [1.29, 1.82) is 5.26 Å². The maximum Gasteiger partial charge on any atom is 0.244 e. The summed E-state index contributed by atoms with van der Waals surface area (Å²) < 4.78 is 0. The van der Waals surface area contributed by atoms with Crippen LogP contribution in [0.2, 0.25) is 0 Å². The predicted octanol–water partition coefficient (Wildman–Crippen LogP) is 1.72. The number of likely N-dealkylation sites (N-methyl/N-ethyl adjacent to an activating group) is 1. The Morgan fingerprint density at radius 2 is 2.15 bits per heavy atom. The van der Waals surface area contributed by atoms with Gasteiger partial charge in [-0.1, -0.05) is 0 Å². The SMILES string of the molecule is CC(Nc1nc2c(cc1C#N)CCCC2)C(=O)N(C)C. The second kappa shape index (κ2) is 5.91. The van der Waals surface area contributed by atoms with Gasteiger partial charge in [0.15, 0.2) is 0 Å². The van der Waals surface area contributed by atoms with Crippen LogP contribution in [0.3, 0.4) is 0 Å². The number of hydrogen-bond acceptors (Lipinski definition) is 4. The van der Waals surface area contributed by atoms with E-state index in [-0.39, 0.29) is 5.91 Å². The number of amides is 1. The number of aryl methyl sites for hydroxylation is 2. The van der Waals surface area contributed by atoms with Gasteiger partial charge in [-0.3, -0.25) is 4.79 Å². The molecular weight excluding hydrogens is 252 g/mol. The molecule has 1 aliphatic carbocycles. The molecule has 0 saturated carbocycles. The zero-order chi connectivity index (χ0) is 14.7. The molecule has 106 valence electrons. The van der Waals surface area contributed by atoms with Crippen molar-refractivity contribution in [3.63, 3.8) is 0 Å². The molecular formula is C15H20N4O. The fourth-order valence-corrected chi connectivity index (χ4v) is 2.48. The van der Waals surface area contributed by atoms with Crippen LogP contribution in [0.1, 0.15) is 36.6 Å². The summed E-state index contributed by atoms with van der Waals surface area (Å²) in [5.74, 6) is 0.490. The van der Waals surface area contributed by atoms with Crippen molar-refractivity contribution in [3.8, 4) is 6.07 Å². The molecule has 1 heterocycles. The number of carbonyl (C=O) groups is 1.